The zero-order chi connectivity index (χ0) is 15.1. The van der Waals surface area contributed by atoms with Gasteiger partial charge in [0.15, 0.2) is 10.4 Å². The van der Waals surface area contributed by atoms with Crippen LogP contribution in [0.25, 0.3) is 16.9 Å². The molecule has 0 atom stereocenters. The highest BCUT2D eigenvalue weighted by atomic mass is 35.5. The highest BCUT2D eigenvalue weighted by Gasteiger charge is 2.18. The average molecular weight is 321 g/mol. The number of hydrogen-bond donors (Lipinski definition) is 1. The van der Waals surface area contributed by atoms with Gasteiger partial charge in [-0.15, -0.1) is 0 Å². The number of fused-ring (bicyclic) bond motifs is 1. The lowest BCUT2D eigenvalue weighted by Gasteiger charge is -2.10. The maximum absolute atomic E-state index is 6.40. The molecule has 2 aromatic heterocycles. The van der Waals surface area contributed by atoms with E-state index in [9.17, 15) is 0 Å². The largest absolute Gasteiger partial charge is 0.327 e. The molecule has 1 N–H and O–H groups in total. The summed E-state index contributed by atoms with van der Waals surface area (Å²) < 4.78 is 4.50. The molecule has 1 aromatic carbocycles. The molecule has 0 saturated heterocycles. The standard InChI is InChI=1S/C15H17ClN4S/c1-4-6-11-12-14(19(3)18-11)20(15(21)17-12)13-9(2)7-5-8-10(13)16/h5,7-8H,4,6H2,1-3H3,(H,17,21). The Morgan fingerprint density at radius 1 is 1.38 bits per heavy atom. The summed E-state index contributed by atoms with van der Waals surface area (Å²) in [6.07, 6.45) is 1.97. The molecule has 3 aromatic rings. The first-order valence-electron chi connectivity index (χ1n) is 6.96. The van der Waals surface area contributed by atoms with Crippen LogP contribution in [0, 0.1) is 11.7 Å². The van der Waals surface area contributed by atoms with E-state index in [2.05, 4.69) is 17.0 Å². The van der Waals surface area contributed by atoms with Gasteiger partial charge in [0.1, 0.15) is 5.52 Å². The van der Waals surface area contributed by atoms with E-state index in [1.807, 2.05) is 41.4 Å². The predicted molar refractivity (Wildman–Crippen MR) is 89.0 cm³/mol. The Bertz CT molecular complexity index is 852. The van der Waals surface area contributed by atoms with Crippen molar-refractivity contribution in [3.8, 4) is 5.69 Å². The van der Waals surface area contributed by atoms with E-state index in [1.165, 1.54) is 0 Å². The fourth-order valence-corrected chi connectivity index (χ4v) is 3.32. The quantitative estimate of drug-likeness (QED) is 0.729. The molecule has 0 bridgehead atoms. The van der Waals surface area contributed by atoms with Crippen LogP contribution in [-0.2, 0) is 13.5 Å². The van der Waals surface area contributed by atoms with Crippen LogP contribution < -0.4 is 0 Å². The van der Waals surface area contributed by atoms with Gasteiger partial charge >= 0.3 is 0 Å². The normalized spacial score (nSPS) is 11.4. The smallest absolute Gasteiger partial charge is 0.184 e. The summed E-state index contributed by atoms with van der Waals surface area (Å²) in [5.74, 6) is 0. The number of nitrogens with one attached hydrogen (secondary N) is 1. The van der Waals surface area contributed by atoms with Crippen LogP contribution in [0.2, 0.25) is 5.02 Å². The van der Waals surface area contributed by atoms with Crippen molar-refractivity contribution in [3.05, 3.63) is 39.3 Å². The Labute approximate surface area is 133 Å². The zero-order valence-corrected chi connectivity index (χ0v) is 13.8. The van der Waals surface area contributed by atoms with Gasteiger partial charge < -0.3 is 4.98 Å². The second kappa shape index (κ2) is 5.31. The summed E-state index contributed by atoms with van der Waals surface area (Å²) in [5.41, 5.74) is 5.01. The summed E-state index contributed by atoms with van der Waals surface area (Å²) in [6.45, 7) is 4.18. The number of aryl methyl sites for hydroxylation is 3. The lowest BCUT2D eigenvalue weighted by Crippen LogP contribution is -2.03. The van der Waals surface area contributed by atoms with Crippen molar-refractivity contribution in [1.82, 2.24) is 19.3 Å². The molecule has 0 saturated carbocycles. The average Bonchev–Trinajstić information content (AvgIpc) is 2.90. The minimum Gasteiger partial charge on any atom is -0.327 e. The number of rotatable bonds is 3. The van der Waals surface area contributed by atoms with Crippen molar-refractivity contribution in [2.24, 2.45) is 7.05 Å². The molecule has 21 heavy (non-hydrogen) atoms. The molecule has 0 spiro atoms. The van der Waals surface area contributed by atoms with Gasteiger partial charge in [0.25, 0.3) is 0 Å². The van der Waals surface area contributed by atoms with Crippen molar-refractivity contribution < 1.29 is 0 Å². The van der Waals surface area contributed by atoms with Crippen LogP contribution in [0.5, 0.6) is 0 Å². The number of benzene rings is 1. The van der Waals surface area contributed by atoms with Gasteiger partial charge in [0.05, 0.1) is 16.4 Å². The van der Waals surface area contributed by atoms with Crippen molar-refractivity contribution >= 4 is 35.0 Å². The number of hydrogen-bond acceptors (Lipinski definition) is 2. The Morgan fingerprint density at radius 2 is 2.14 bits per heavy atom. The molecule has 6 heteroatoms. The van der Waals surface area contributed by atoms with Crippen LogP contribution >= 0.6 is 23.8 Å². The summed E-state index contributed by atoms with van der Waals surface area (Å²) in [5, 5.41) is 5.29. The molecule has 0 aliphatic carbocycles. The van der Waals surface area contributed by atoms with Crippen LogP contribution in [0.15, 0.2) is 18.2 Å². The first-order valence-corrected chi connectivity index (χ1v) is 7.75. The summed E-state index contributed by atoms with van der Waals surface area (Å²) in [6, 6.07) is 5.86. The van der Waals surface area contributed by atoms with Gasteiger partial charge in [-0.1, -0.05) is 37.1 Å². The molecule has 0 aliphatic heterocycles. The minimum atomic E-state index is 0.645. The summed E-state index contributed by atoms with van der Waals surface area (Å²) in [4.78, 5) is 3.29. The number of nitrogens with zero attached hydrogens (tertiary/aromatic N) is 3. The molecule has 2 heterocycles. The van der Waals surface area contributed by atoms with Crippen LogP contribution in [-0.4, -0.2) is 19.3 Å². The Hall–Kier alpha value is -1.59. The fraction of sp³-hybridized carbons (Fsp3) is 0.333. The highest BCUT2D eigenvalue weighted by Crippen LogP contribution is 2.29. The second-order valence-corrected chi connectivity index (χ2v) is 5.98. The molecular weight excluding hydrogens is 304 g/mol. The number of aromatic amines is 1. The summed E-state index contributed by atoms with van der Waals surface area (Å²) >= 11 is 11.9. The first-order chi connectivity index (χ1) is 10.0. The number of imidazole rings is 1. The van der Waals surface area contributed by atoms with Crippen molar-refractivity contribution in [2.75, 3.05) is 0 Å². The maximum Gasteiger partial charge on any atom is 0.184 e. The predicted octanol–water partition coefficient (Wildman–Crippen LogP) is 4.34. The molecule has 0 radical (unpaired) electrons. The Kier molecular flexibility index (Phi) is 3.63. The Balaban J connectivity index is 2.39. The number of para-hydroxylation sites is 1. The third-order valence-corrected chi connectivity index (χ3v) is 4.22. The lowest BCUT2D eigenvalue weighted by molar-refractivity contribution is 0.735. The third-order valence-electron chi connectivity index (χ3n) is 3.64. The van der Waals surface area contributed by atoms with Crippen LogP contribution in [0.1, 0.15) is 24.6 Å². The van der Waals surface area contributed by atoms with Crippen molar-refractivity contribution in [1.29, 1.82) is 0 Å². The Morgan fingerprint density at radius 3 is 2.81 bits per heavy atom. The van der Waals surface area contributed by atoms with Gasteiger partial charge in [0, 0.05) is 7.05 Å². The molecular formula is C15H17ClN4S. The maximum atomic E-state index is 6.40. The monoisotopic (exact) mass is 320 g/mol. The molecule has 0 fully saturated rings. The fourth-order valence-electron chi connectivity index (χ4n) is 2.74. The highest BCUT2D eigenvalue weighted by molar-refractivity contribution is 7.71. The number of H-pyrrole nitrogens is 1. The van der Waals surface area contributed by atoms with Gasteiger partial charge in [0.2, 0.25) is 0 Å². The van der Waals surface area contributed by atoms with Gasteiger partial charge in [-0.05, 0) is 37.2 Å². The first kappa shape index (κ1) is 14.4. The number of halogens is 1. The lowest BCUT2D eigenvalue weighted by atomic mass is 10.2. The van der Waals surface area contributed by atoms with E-state index < -0.39 is 0 Å². The van der Waals surface area contributed by atoms with E-state index in [0.717, 1.165) is 41.0 Å². The van der Waals surface area contributed by atoms with E-state index in [1.54, 1.807) is 0 Å². The van der Waals surface area contributed by atoms with Crippen LogP contribution in [0.4, 0.5) is 0 Å². The molecule has 3 rings (SSSR count). The van der Waals surface area contributed by atoms with E-state index >= 15 is 0 Å². The van der Waals surface area contributed by atoms with E-state index in [0.29, 0.717) is 9.79 Å². The molecule has 110 valence electrons. The van der Waals surface area contributed by atoms with E-state index in [4.69, 9.17) is 23.8 Å². The van der Waals surface area contributed by atoms with Crippen molar-refractivity contribution in [2.45, 2.75) is 26.7 Å². The van der Waals surface area contributed by atoms with Gasteiger partial charge in [-0.3, -0.25) is 4.57 Å². The molecule has 4 nitrogen and oxygen atoms in total. The topological polar surface area (TPSA) is 38.5 Å². The van der Waals surface area contributed by atoms with Gasteiger partial charge in [-0.2, -0.15) is 5.10 Å². The zero-order valence-electron chi connectivity index (χ0n) is 12.3. The van der Waals surface area contributed by atoms with Crippen LogP contribution in [0.3, 0.4) is 0 Å². The third kappa shape index (κ3) is 2.21. The number of aromatic nitrogens is 4. The molecule has 0 amide bonds. The van der Waals surface area contributed by atoms with Crippen molar-refractivity contribution in [3.63, 3.8) is 0 Å². The summed E-state index contributed by atoms with van der Waals surface area (Å²) in [7, 11) is 1.94. The minimum absolute atomic E-state index is 0.645. The molecule has 0 aliphatic rings. The molecule has 0 unspecified atom stereocenters. The second-order valence-electron chi connectivity index (χ2n) is 5.19. The SMILES string of the molecule is CCCc1nn(C)c2c1[nH]c(=S)n2-c1c(C)cccc1Cl. The van der Waals surface area contributed by atoms with Gasteiger partial charge in [-0.25, -0.2) is 4.68 Å². The van der Waals surface area contributed by atoms with E-state index in [-0.39, 0.29) is 0 Å².